The lowest BCUT2D eigenvalue weighted by Gasteiger charge is -2.14. The molecule has 0 saturated heterocycles. The van der Waals surface area contributed by atoms with Crippen LogP contribution < -0.4 is 5.32 Å². The topological polar surface area (TPSA) is 64.4 Å². The van der Waals surface area contributed by atoms with Crippen LogP contribution in [0.2, 0.25) is 0 Å². The molecule has 1 N–H and O–H groups in total. The molecule has 194 valence electrons. The molecule has 5 nitrogen and oxygen atoms in total. The number of anilines is 2. The highest BCUT2D eigenvalue weighted by Gasteiger charge is 2.32. The zero-order chi connectivity index (χ0) is 26.8. The number of rotatable bonds is 8. The Hall–Kier alpha value is -4.64. The van der Waals surface area contributed by atoms with Crippen molar-refractivity contribution in [3.05, 3.63) is 114 Å². The second-order valence-corrected chi connectivity index (χ2v) is 10.1. The minimum Gasteiger partial charge on any atom is -0.458 e. The van der Waals surface area contributed by atoms with Crippen LogP contribution in [-0.4, -0.2) is 11.1 Å². The van der Waals surface area contributed by atoms with Crippen molar-refractivity contribution in [2.45, 2.75) is 32.8 Å². The Morgan fingerprint density at radius 3 is 2.13 bits per heavy atom. The maximum absolute atomic E-state index is 12.0. The van der Waals surface area contributed by atoms with Gasteiger partial charge in [-0.2, -0.15) is 0 Å². The summed E-state index contributed by atoms with van der Waals surface area (Å²) in [6.07, 6.45) is 1.66. The normalized spacial score (nSPS) is 13.6. The fourth-order valence-corrected chi connectivity index (χ4v) is 4.68. The minimum absolute atomic E-state index is 0.0809. The summed E-state index contributed by atoms with van der Waals surface area (Å²) >= 11 is 0. The minimum atomic E-state index is -0.247. The molecular weight excluding hydrogens is 484 g/mol. The summed E-state index contributed by atoms with van der Waals surface area (Å²) in [6.45, 7) is 3.86. The molecule has 1 atom stereocenters. The highest BCUT2D eigenvalue weighted by molar-refractivity contribution is 5.81. The van der Waals surface area contributed by atoms with E-state index in [9.17, 15) is 4.79 Å². The fourth-order valence-electron chi connectivity index (χ4n) is 4.68. The van der Waals surface area contributed by atoms with E-state index in [4.69, 9.17) is 9.26 Å². The van der Waals surface area contributed by atoms with Crippen LogP contribution in [0.4, 0.5) is 11.4 Å². The van der Waals surface area contributed by atoms with Crippen LogP contribution in [0, 0.1) is 12.8 Å². The summed E-state index contributed by atoms with van der Waals surface area (Å²) < 4.78 is 11.3. The third kappa shape index (κ3) is 5.48. The molecule has 1 heterocycles. The van der Waals surface area contributed by atoms with Gasteiger partial charge in [0.15, 0.2) is 5.76 Å². The van der Waals surface area contributed by atoms with Gasteiger partial charge in [0.2, 0.25) is 0 Å². The van der Waals surface area contributed by atoms with E-state index < -0.39 is 0 Å². The lowest BCUT2D eigenvalue weighted by Crippen LogP contribution is -2.10. The maximum Gasteiger partial charge on any atom is 0.309 e. The van der Waals surface area contributed by atoms with Gasteiger partial charge in [-0.05, 0) is 66.6 Å². The number of carbonyl (C=O) groups excluding carboxylic acids is 1. The van der Waals surface area contributed by atoms with E-state index in [2.05, 4.69) is 71.1 Å². The van der Waals surface area contributed by atoms with Crippen LogP contribution in [0.5, 0.6) is 0 Å². The standard InChI is InChI=1S/C34H30N2O3/c1-22-32(35-31-10-6-9-30(21-31)25-7-4-3-5-8-25)33(39-36-22)28-17-15-27(16-18-28)26-13-11-24(12-14-26)23(2)38-34(37)29-19-20-29/h3-18,21,23,29,35H,19-20H2,1-2H3. The number of aryl methyl sites for hydroxylation is 1. The van der Waals surface area contributed by atoms with Gasteiger partial charge in [0.05, 0.1) is 5.92 Å². The molecule has 0 amide bonds. The van der Waals surface area contributed by atoms with Gasteiger partial charge in [-0.3, -0.25) is 4.79 Å². The highest BCUT2D eigenvalue weighted by atomic mass is 16.5. The first-order chi connectivity index (χ1) is 19.0. The lowest BCUT2D eigenvalue weighted by atomic mass is 10.00. The molecule has 0 spiro atoms. The zero-order valence-electron chi connectivity index (χ0n) is 22.1. The number of benzene rings is 4. The molecule has 1 aliphatic rings. The number of hydrogen-bond donors (Lipinski definition) is 1. The molecule has 5 aromatic rings. The number of nitrogens with one attached hydrogen (secondary N) is 1. The van der Waals surface area contributed by atoms with Gasteiger partial charge in [0.25, 0.3) is 0 Å². The van der Waals surface area contributed by atoms with Gasteiger partial charge in [0.1, 0.15) is 17.5 Å². The molecule has 0 radical (unpaired) electrons. The van der Waals surface area contributed by atoms with Crippen molar-refractivity contribution in [1.29, 1.82) is 0 Å². The van der Waals surface area contributed by atoms with Crippen LogP contribution in [0.25, 0.3) is 33.6 Å². The summed E-state index contributed by atoms with van der Waals surface area (Å²) in [5, 5.41) is 7.76. The molecule has 0 bridgehead atoms. The Balaban J connectivity index is 1.18. The molecule has 0 aliphatic heterocycles. The third-order valence-electron chi connectivity index (χ3n) is 7.17. The van der Waals surface area contributed by atoms with Crippen LogP contribution in [0.1, 0.15) is 37.1 Å². The summed E-state index contributed by atoms with van der Waals surface area (Å²) in [7, 11) is 0. The molecule has 39 heavy (non-hydrogen) atoms. The van der Waals surface area contributed by atoms with Crippen molar-refractivity contribution in [2.24, 2.45) is 5.92 Å². The average Bonchev–Trinajstić information content (AvgIpc) is 3.78. The van der Waals surface area contributed by atoms with Crippen molar-refractivity contribution < 1.29 is 14.1 Å². The average molecular weight is 515 g/mol. The first-order valence-electron chi connectivity index (χ1n) is 13.4. The van der Waals surface area contributed by atoms with Crippen LogP contribution in [-0.2, 0) is 9.53 Å². The quantitative estimate of drug-likeness (QED) is 0.210. The van der Waals surface area contributed by atoms with Gasteiger partial charge in [-0.25, -0.2) is 0 Å². The van der Waals surface area contributed by atoms with Crippen molar-refractivity contribution in [3.8, 4) is 33.6 Å². The number of esters is 1. The first kappa shape index (κ1) is 24.7. The van der Waals surface area contributed by atoms with Crippen molar-refractivity contribution >= 4 is 17.3 Å². The Morgan fingerprint density at radius 1 is 0.821 bits per heavy atom. The van der Waals surface area contributed by atoms with Gasteiger partial charge < -0.3 is 14.6 Å². The van der Waals surface area contributed by atoms with Gasteiger partial charge in [-0.1, -0.05) is 96.2 Å². The van der Waals surface area contributed by atoms with E-state index in [1.807, 2.05) is 56.3 Å². The SMILES string of the molecule is Cc1noc(-c2ccc(-c3ccc(C(C)OC(=O)C4CC4)cc3)cc2)c1Nc1cccc(-c2ccccc2)c1. The fraction of sp³-hybridized carbons (Fsp3) is 0.176. The highest BCUT2D eigenvalue weighted by Crippen LogP contribution is 2.36. The molecule has 6 rings (SSSR count). The van der Waals surface area contributed by atoms with Gasteiger partial charge in [-0.15, -0.1) is 0 Å². The van der Waals surface area contributed by atoms with E-state index >= 15 is 0 Å². The van der Waals surface area contributed by atoms with Gasteiger partial charge in [0, 0.05) is 11.3 Å². The van der Waals surface area contributed by atoms with Crippen molar-refractivity contribution in [3.63, 3.8) is 0 Å². The first-order valence-corrected chi connectivity index (χ1v) is 13.4. The molecular formula is C34H30N2O3. The van der Waals surface area contributed by atoms with Crippen molar-refractivity contribution in [1.82, 2.24) is 5.16 Å². The van der Waals surface area contributed by atoms with E-state index in [0.717, 1.165) is 57.7 Å². The maximum atomic E-state index is 12.0. The Kier molecular flexibility index (Phi) is 6.72. The Bertz CT molecular complexity index is 1580. The molecule has 1 saturated carbocycles. The predicted octanol–water partition coefficient (Wildman–Crippen LogP) is 8.74. The number of hydrogen-bond acceptors (Lipinski definition) is 5. The molecule has 1 aliphatic carbocycles. The lowest BCUT2D eigenvalue weighted by molar-refractivity contribution is -0.150. The molecule has 1 aromatic heterocycles. The Labute approximate surface area is 228 Å². The van der Waals surface area contributed by atoms with E-state index in [1.165, 1.54) is 5.56 Å². The monoisotopic (exact) mass is 514 g/mol. The predicted molar refractivity (Wildman–Crippen MR) is 155 cm³/mol. The van der Waals surface area contributed by atoms with Crippen molar-refractivity contribution in [2.75, 3.05) is 5.32 Å². The van der Waals surface area contributed by atoms with Crippen LogP contribution >= 0.6 is 0 Å². The molecule has 1 fully saturated rings. The van der Waals surface area contributed by atoms with Crippen LogP contribution in [0.3, 0.4) is 0 Å². The summed E-state index contributed by atoms with van der Waals surface area (Å²) in [5.41, 5.74) is 9.05. The third-order valence-corrected chi connectivity index (χ3v) is 7.17. The zero-order valence-corrected chi connectivity index (χ0v) is 22.1. The van der Waals surface area contributed by atoms with E-state index in [0.29, 0.717) is 5.76 Å². The second kappa shape index (κ2) is 10.6. The molecule has 5 heteroatoms. The molecule has 1 unspecified atom stereocenters. The summed E-state index contributed by atoms with van der Waals surface area (Å²) in [4.78, 5) is 12.0. The second-order valence-electron chi connectivity index (χ2n) is 10.1. The largest absolute Gasteiger partial charge is 0.458 e. The van der Waals surface area contributed by atoms with E-state index in [-0.39, 0.29) is 18.0 Å². The number of carbonyl (C=O) groups is 1. The smallest absolute Gasteiger partial charge is 0.309 e. The van der Waals surface area contributed by atoms with Gasteiger partial charge >= 0.3 is 5.97 Å². The molecule has 4 aromatic carbocycles. The van der Waals surface area contributed by atoms with E-state index in [1.54, 1.807) is 0 Å². The van der Waals surface area contributed by atoms with Crippen LogP contribution in [0.15, 0.2) is 108 Å². The number of aromatic nitrogens is 1. The number of nitrogens with zero attached hydrogens (tertiary/aromatic N) is 1. The number of ether oxygens (including phenoxy) is 1. The Morgan fingerprint density at radius 2 is 1.44 bits per heavy atom. The summed E-state index contributed by atoms with van der Waals surface area (Å²) in [6, 6.07) is 35.1. The summed E-state index contributed by atoms with van der Waals surface area (Å²) in [5.74, 6) is 0.724.